The van der Waals surface area contributed by atoms with Crippen LogP contribution in [0.2, 0.25) is 0 Å². The first-order chi connectivity index (χ1) is 9.91. The van der Waals surface area contributed by atoms with Crippen molar-refractivity contribution in [3.05, 3.63) is 54.3 Å². The monoisotopic (exact) mass is 289 g/mol. The minimum atomic E-state index is -1.85. The van der Waals surface area contributed by atoms with E-state index in [0.717, 1.165) is 6.08 Å². The lowest BCUT2D eigenvalue weighted by Crippen LogP contribution is -2.53. The highest BCUT2D eigenvalue weighted by Crippen LogP contribution is 2.17. The fourth-order valence-electron chi connectivity index (χ4n) is 1.74. The number of hydrogen-bond donors (Lipinski definition) is 3. The molecule has 0 heterocycles. The summed E-state index contributed by atoms with van der Waals surface area (Å²) in [4.78, 5) is 34.3. The third-order valence-corrected chi connectivity index (χ3v) is 2.84. The molecule has 1 atom stereocenters. The van der Waals surface area contributed by atoms with Gasteiger partial charge in [0, 0.05) is 12.0 Å². The first-order valence-electron chi connectivity index (χ1n) is 6.11. The Morgan fingerprint density at radius 3 is 2.33 bits per heavy atom. The zero-order valence-electron chi connectivity index (χ0n) is 11.2. The van der Waals surface area contributed by atoms with Gasteiger partial charge in [-0.3, -0.25) is 9.59 Å². The van der Waals surface area contributed by atoms with Gasteiger partial charge in [0.25, 0.3) is 5.91 Å². The highest BCUT2D eigenvalue weighted by molar-refractivity contribution is 5.98. The molecule has 0 aliphatic heterocycles. The number of carbonyl (C=O) groups is 3. The SMILES string of the molecule is C=C=CC(CCC(=O)O)(NC(=O)c1ccccc1)C(=O)O. The number of carbonyl (C=O) groups excluding carboxylic acids is 1. The highest BCUT2D eigenvalue weighted by atomic mass is 16.4. The zero-order chi connectivity index (χ0) is 15.9. The van der Waals surface area contributed by atoms with E-state index in [-0.39, 0.29) is 12.0 Å². The van der Waals surface area contributed by atoms with Crippen molar-refractivity contribution < 1.29 is 24.6 Å². The molecule has 0 bridgehead atoms. The Bertz CT molecular complexity index is 585. The third-order valence-electron chi connectivity index (χ3n) is 2.84. The van der Waals surface area contributed by atoms with Crippen LogP contribution in [0, 0.1) is 0 Å². The molecule has 0 radical (unpaired) electrons. The minimum Gasteiger partial charge on any atom is -0.481 e. The van der Waals surface area contributed by atoms with E-state index in [0.29, 0.717) is 0 Å². The van der Waals surface area contributed by atoms with Crippen LogP contribution >= 0.6 is 0 Å². The molecule has 110 valence electrons. The predicted molar refractivity (Wildman–Crippen MR) is 74.9 cm³/mol. The van der Waals surface area contributed by atoms with Crippen LogP contribution in [0.5, 0.6) is 0 Å². The number of amides is 1. The molecule has 3 N–H and O–H groups in total. The van der Waals surface area contributed by atoms with Crippen LogP contribution in [0.25, 0.3) is 0 Å². The molecule has 0 fully saturated rings. The molecule has 6 nitrogen and oxygen atoms in total. The van der Waals surface area contributed by atoms with Crippen molar-refractivity contribution in [1.29, 1.82) is 0 Å². The average Bonchev–Trinajstić information content (AvgIpc) is 2.45. The summed E-state index contributed by atoms with van der Waals surface area (Å²) in [6.45, 7) is 3.29. The van der Waals surface area contributed by atoms with Gasteiger partial charge in [-0.1, -0.05) is 24.8 Å². The van der Waals surface area contributed by atoms with Crippen molar-refractivity contribution in [3.8, 4) is 0 Å². The fraction of sp³-hybridized carbons (Fsp3) is 0.200. The lowest BCUT2D eigenvalue weighted by molar-refractivity contribution is -0.143. The Kier molecular flexibility index (Phi) is 5.46. The Labute approximate surface area is 121 Å². The molecule has 0 aromatic heterocycles. The van der Waals surface area contributed by atoms with Gasteiger partial charge in [-0.2, -0.15) is 0 Å². The molecule has 0 saturated heterocycles. The molecule has 1 aromatic carbocycles. The molecular formula is C15H15NO5. The van der Waals surface area contributed by atoms with Crippen LogP contribution in [-0.2, 0) is 9.59 Å². The summed E-state index contributed by atoms with van der Waals surface area (Å²) in [5.74, 6) is -3.15. The molecule has 1 unspecified atom stereocenters. The van der Waals surface area contributed by atoms with Crippen LogP contribution in [0.1, 0.15) is 23.2 Å². The summed E-state index contributed by atoms with van der Waals surface area (Å²) in [6.07, 6.45) is 0.331. The Hall–Kier alpha value is -2.85. The van der Waals surface area contributed by atoms with Gasteiger partial charge in [0.15, 0.2) is 5.54 Å². The molecule has 1 rings (SSSR count). The Morgan fingerprint density at radius 2 is 1.86 bits per heavy atom. The van der Waals surface area contributed by atoms with Crippen molar-refractivity contribution in [2.45, 2.75) is 18.4 Å². The number of nitrogens with one attached hydrogen (secondary N) is 1. The molecular weight excluding hydrogens is 274 g/mol. The number of rotatable bonds is 7. The summed E-state index contributed by atoms with van der Waals surface area (Å²) in [7, 11) is 0. The van der Waals surface area contributed by atoms with Gasteiger partial charge in [0.05, 0.1) is 0 Å². The third kappa shape index (κ3) is 4.33. The van der Waals surface area contributed by atoms with Gasteiger partial charge in [0.1, 0.15) is 0 Å². The maximum atomic E-state index is 12.1. The van der Waals surface area contributed by atoms with E-state index in [1.165, 1.54) is 12.1 Å². The van der Waals surface area contributed by atoms with Crippen LogP contribution in [0.3, 0.4) is 0 Å². The largest absolute Gasteiger partial charge is 0.481 e. The number of benzene rings is 1. The highest BCUT2D eigenvalue weighted by Gasteiger charge is 2.38. The molecule has 0 spiro atoms. The van der Waals surface area contributed by atoms with Crippen molar-refractivity contribution in [1.82, 2.24) is 5.32 Å². The van der Waals surface area contributed by atoms with Gasteiger partial charge in [0.2, 0.25) is 0 Å². The molecule has 0 aliphatic carbocycles. The molecule has 0 saturated carbocycles. The second kappa shape index (κ2) is 7.07. The maximum absolute atomic E-state index is 12.1. The molecule has 1 amide bonds. The van der Waals surface area contributed by atoms with E-state index in [2.05, 4.69) is 17.6 Å². The first kappa shape index (κ1) is 16.2. The second-order valence-electron chi connectivity index (χ2n) is 4.34. The number of hydrogen-bond acceptors (Lipinski definition) is 3. The van der Waals surface area contributed by atoms with Crippen molar-refractivity contribution in [2.75, 3.05) is 0 Å². The normalized spacial score (nSPS) is 12.6. The van der Waals surface area contributed by atoms with Crippen molar-refractivity contribution >= 4 is 17.8 Å². The number of carboxylic acid groups (broad SMARTS) is 2. The van der Waals surface area contributed by atoms with E-state index >= 15 is 0 Å². The molecule has 6 heteroatoms. The second-order valence-corrected chi connectivity index (χ2v) is 4.34. The van der Waals surface area contributed by atoms with Crippen LogP contribution in [-0.4, -0.2) is 33.6 Å². The molecule has 21 heavy (non-hydrogen) atoms. The van der Waals surface area contributed by atoms with E-state index in [4.69, 9.17) is 5.11 Å². The quantitative estimate of drug-likeness (QED) is 0.659. The van der Waals surface area contributed by atoms with E-state index in [9.17, 15) is 19.5 Å². The Balaban J connectivity index is 3.06. The summed E-state index contributed by atoms with van der Waals surface area (Å²) in [5.41, 5.74) is 0.727. The van der Waals surface area contributed by atoms with Crippen LogP contribution in [0.4, 0.5) is 0 Å². The fourth-order valence-corrected chi connectivity index (χ4v) is 1.74. The topological polar surface area (TPSA) is 104 Å². The van der Waals surface area contributed by atoms with E-state index in [1.54, 1.807) is 18.2 Å². The lowest BCUT2D eigenvalue weighted by Gasteiger charge is -2.26. The lowest BCUT2D eigenvalue weighted by atomic mass is 9.92. The average molecular weight is 289 g/mol. The summed E-state index contributed by atoms with van der Waals surface area (Å²) >= 11 is 0. The summed E-state index contributed by atoms with van der Waals surface area (Å²) < 4.78 is 0. The number of carboxylic acids is 2. The summed E-state index contributed by atoms with van der Waals surface area (Å²) in [5, 5.41) is 20.4. The molecule has 0 aliphatic rings. The minimum absolute atomic E-state index is 0.274. The predicted octanol–water partition coefficient (Wildman–Crippen LogP) is 1.45. The summed E-state index contributed by atoms with van der Waals surface area (Å²) in [6, 6.07) is 8.04. The van der Waals surface area contributed by atoms with Gasteiger partial charge < -0.3 is 15.5 Å². The first-order valence-corrected chi connectivity index (χ1v) is 6.11. The van der Waals surface area contributed by atoms with E-state index in [1.807, 2.05) is 0 Å². The van der Waals surface area contributed by atoms with Gasteiger partial charge >= 0.3 is 11.9 Å². The van der Waals surface area contributed by atoms with Gasteiger partial charge in [-0.05, 0) is 24.6 Å². The van der Waals surface area contributed by atoms with Crippen molar-refractivity contribution in [2.24, 2.45) is 0 Å². The molecule has 1 aromatic rings. The zero-order valence-corrected chi connectivity index (χ0v) is 11.2. The Morgan fingerprint density at radius 1 is 1.24 bits per heavy atom. The maximum Gasteiger partial charge on any atom is 0.334 e. The van der Waals surface area contributed by atoms with Crippen molar-refractivity contribution in [3.63, 3.8) is 0 Å². The smallest absolute Gasteiger partial charge is 0.334 e. The van der Waals surface area contributed by atoms with Gasteiger partial charge in [-0.25, -0.2) is 4.79 Å². The van der Waals surface area contributed by atoms with E-state index < -0.39 is 29.8 Å². The van der Waals surface area contributed by atoms with Gasteiger partial charge in [-0.15, -0.1) is 5.73 Å². The van der Waals surface area contributed by atoms with Crippen LogP contribution in [0.15, 0.2) is 48.7 Å². The number of aliphatic carboxylic acids is 2. The van der Waals surface area contributed by atoms with Crippen LogP contribution < -0.4 is 5.32 Å². The standard InChI is InChI=1S/C15H15NO5/c1-2-9-15(14(20)21,10-8-12(17)18)16-13(19)11-6-4-3-5-7-11/h3-7,9H,1,8,10H2,(H,16,19)(H,17,18)(H,20,21).